The van der Waals surface area contributed by atoms with Crippen LogP contribution >= 0.6 is 0 Å². The molecule has 0 amide bonds. The molecule has 0 saturated carbocycles. The highest BCUT2D eigenvalue weighted by Gasteiger charge is 2.23. The second kappa shape index (κ2) is 7.29. The number of hydrogen-bond donors (Lipinski definition) is 1. The summed E-state index contributed by atoms with van der Waals surface area (Å²) < 4.78 is 1.92. The average Bonchev–Trinajstić information content (AvgIpc) is 2.84. The zero-order valence-corrected chi connectivity index (χ0v) is 13.5. The van der Waals surface area contributed by atoms with Crippen molar-refractivity contribution in [2.75, 3.05) is 32.7 Å². The number of piperazine rings is 1. The number of nitrogens with zero attached hydrogens (tertiary/aromatic N) is 6. The standard InChI is InChI=1S/C14H28N6O/c1-4-5-6-20-13(15-16-17-20)11-18-7-9-19(10-8-18)12-14(2,3)21/h21H,4-12H2,1-3H3. The van der Waals surface area contributed by atoms with Crippen LogP contribution in [0, 0.1) is 0 Å². The first-order valence-corrected chi connectivity index (χ1v) is 7.90. The molecule has 0 bridgehead atoms. The number of β-amino-alcohol motifs (C(OH)–C–C–N with tert-alkyl or cyclic N) is 1. The fraction of sp³-hybridized carbons (Fsp3) is 0.929. The highest BCUT2D eigenvalue weighted by molar-refractivity contribution is 4.84. The van der Waals surface area contributed by atoms with E-state index < -0.39 is 5.60 Å². The number of aliphatic hydroxyl groups is 1. The van der Waals surface area contributed by atoms with Crippen LogP contribution in [0.4, 0.5) is 0 Å². The maximum atomic E-state index is 9.88. The van der Waals surface area contributed by atoms with Gasteiger partial charge in [0.15, 0.2) is 5.82 Å². The van der Waals surface area contributed by atoms with Gasteiger partial charge in [-0.1, -0.05) is 13.3 Å². The third-order valence-electron chi connectivity index (χ3n) is 3.77. The summed E-state index contributed by atoms with van der Waals surface area (Å²) in [7, 11) is 0. The van der Waals surface area contributed by atoms with Gasteiger partial charge in [0, 0.05) is 39.3 Å². The molecule has 0 radical (unpaired) electrons. The molecule has 7 heteroatoms. The van der Waals surface area contributed by atoms with E-state index in [2.05, 4.69) is 32.2 Å². The van der Waals surface area contributed by atoms with Crippen LogP contribution < -0.4 is 0 Å². The van der Waals surface area contributed by atoms with Crippen molar-refractivity contribution in [3.05, 3.63) is 5.82 Å². The van der Waals surface area contributed by atoms with Gasteiger partial charge in [-0.05, 0) is 30.7 Å². The van der Waals surface area contributed by atoms with Crippen LogP contribution in [0.3, 0.4) is 0 Å². The highest BCUT2D eigenvalue weighted by Crippen LogP contribution is 2.10. The lowest BCUT2D eigenvalue weighted by molar-refractivity contribution is 0.0161. The van der Waals surface area contributed by atoms with E-state index >= 15 is 0 Å². The van der Waals surface area contributed by atoms with E-state index in [1.165, 1.54) is 0 Å². The predicted molar refractivity (Wildman–Crippen MR) is 80.7 cm³/mol. The van der Waals surface area contributed by atoms with Gasteiger partial charge < -0.3 is 5.11 Å². The SMILES string of the molecule is CCCCn1nnnc1CN1CCN(CC(C)(C)O)CC1. The zero-order valence-electron chi connectivity index (χ0n) is 13.5. The minimum absolute atomic E-state index is 0.619. The molecule has 1 N–H and O–H groups in total. The van der Waals surface area contributed by atoms with Crippen molar-refractivity contribution in [2.24, 2.45) is 0 Å². The topological polar surface area (TPSA) is 70.3 Å². The van der Waals surface area contributed by atoms with Gasteiger partial charge in [-0.25, -0.2) is 4.68 Å². The largest absolute Gasteiger partial charge is 0.389 e. The second-order valence-corrected chi connectivity index (χ2v) is 6.54. The first-order valence-electron chi connectivity index (χ1n) is 7.90. The molecule has 0 aliphatic carbocycles. The Morgan fingerprint density at radius 2 is 1.81 bits per heavy atom. The lowest BCUT2D eigenvalue weighted by atomic mass is 10.1. The molecule has 1 aromatic heterocycles. The van der Waals surface area contributed by atoms with E-state index in [0.29, 0.717) is 0 Å². The summed E-state index contributed by atoms with van der Waals surface area (Å²) >= 11 is 0. The van der Waals surface area contributed by atoms with Gasteiger partial charge in [-0.3, -0.25) is 9.80 Å². The Hall–Kier alpha value is -1.05. The van der Waals surface area contributed by atoms with Crippen LogP contribution in [-0.2, 0) is 13.1 Å². The quantitative estimate of drug-likeness (QED) is 0.783. The molecule has 1 aliphatic heterocycles. The molecule has 0 spiro atoms. The summed E-state index contributed by atoms with van der Waals surface area (Å²) in [5.74, 6) is 0.958. The van der Waals surface area contributed by atoms with Crippen LogP contribution in [0.5, 0.6) is 0 Å². The molecule has 0 unspecified atom stereocenters. The van der Waals surface area contributed by atoms with Crippen molar-refractivity contribution < 1.29 is 5.11 Å². The van der Waals surface area contributed by atoms with E-state index in [1.54, 1.807) is 0 Å². The molecule has 21 heavy (non-hydrogen) atoms. The maximum Gasteiger partial charge on any atom is 0.165 e. The molecule has 1 aliphatic rings. The van der Waals surface area contributed by atoms with Gasteiger partial charge in [0.2, 0.25) is 0 Å². The molecule has 1 fully saturated rings. The minimum Gasteiger partial charge on any atom is -0.389 e. The first kappa shape index (κ1) is 16.3. The van der Waals surface area contributed by atoms with E-state index in [4.69, 9.17) is 0 Å². The summed E-state index contributed by atoms with van der Waals surface area (Å²) in [6.45, 7) is 12.3. The number of unbranched alkanes of at least 4 members (excludes halogenated alkanes) is 1. The Balaban J connectivity index is 1.79. The van der Waals surface area contributed by atoms with Crippen LogP contribution in [0.15, 0.2) is 0 Å². The molecule has 2 rings (SSSR count). The van der Waals surface area contributed by atoms with Crippen molar-refractivity contribution in [1.82, 2.24) is 30.0 Å². The Morgan fingerprint density at radius 3 is 2.43 bits per heavy atom. The highest BCUT2D eigenvalue weighted by atomic mass is 16.3. The molecular formula is C14H28N6O. The fourth-order valence-corrected chi connectivity index (χ4v) is 2.67. The third kappa shape index (κ3) is 5.33. The lowest BCUT2D eigenvalue weighted by Gasteiger charge is -2.37. The van der Waals surface area contributed by atoms with Crippen LogP contribution in [0.1, 0.15) is 39.4 Å². The first-order chi connectivity index (χ1) is 9.98. The van der Waals surface area contributed by atoms with Crippen LogP contribution in [0.25, 0.3) is 0 Å². The van der Waals surface area contributed by atoms with Crippen LogP contribution in [0.2, 0.25) is 0 Å². The monoisotopic (exact) mass is 296 g/mol. The lowest BCUT2D eigenvalue weighted by Crippen LogP contribution is -2.50. The molecular weight excluding hydrogens is 268 g/mol. The Kier molecular flexibility index (Phi) is 5.66. The second-order valence-electron chi connectivity index (χ2n) is 6.54. The van der Waals surface area contributed by atoms with Gasteiger partial charge in [-0.15, -0.1) is 5.10 Å². The number of aryl methyl sites for hydroxylation is 1. The smallest absolute Gasteiger partial charge is 0.165 e. The number of tetrazole rings is 1. The average molecular weight is 296 g/mol. The van der Waals surface area contributed by atoms with E-state index in [1.807, 2.05) is 18.5 Å². The van der Waals surface area contributed by atoms with Gasteiger partial charge in [0.05, 0.1) is 12.1 Å². The summed E-state index contributed by atoms with van der Waals surface area (Å²) in [5.41, 5.74) is -0.619. The van der Waals surface area contributed by atoms with Crippen molar-refractivity contribution in [3.63, 3.8) is 0 Å². The van der Waals surface area contributed by atoms with Crippen molar-refractivity contribution in [1.29, 1.82) is 0 Å². The van der Waals surface area contributed by atoms with E-state index in [-0.39, 0.29) is 0 Å². The van der Waals surface area contributed by atoms with E-state index in [0.717, 1.165) is 64.5 Å². The molecule has 7 nitrogen and oxygen atoms in total. The van der Waals surface area contributed by atoms with E-state index in [9.17, 15) is 5.11 Å². The number of hydrogen-bond acceptors (Lipinski definition) is 6. The Bertz CT molecular complexity index is 419. The van der Waals surface area contributed by atoms with Crippen LogP contribution in [-0.4, -0.2) is 73.4 Å². The summed E-state index contributed by atoms with van der Waals surface area (Å²) in [6.07, 6.45) is 2.26. The number of aromatic nitrogens is 4. The molecule has 1 saturated heterocycles. The maximum absolute atomic E-state index is 9.88. The fourth-order valence-electron chi connectivity index (χ4n) is 2.67. The summed E-state index contributed by atoms with van der Waals surface area (Å²) in [6, 6.07) is 0. The Morgan fingerprint density at radius 1 is 1.14 bits per heavy atom. The van der Waals surface area contributed by atoms with Gasteiger partial charge in [-0.2, -0.15) is 0 Å². The Labute approximate surface area is 126 Å². The summed E-state index contributed by atoms with van der Waals surface area (Å²) in [5, 5.41) is 21.9. The molecule has 2 heterocycles. The van der Waals surface area contributed by atoms with Crippen molar-refractivity contribution >= 4 is 0 Å². The molecule has 1 aromatic rings. The molecule has 0 atom stereocenters. The molecule has 0 aromatic carbocycles. The normalized spacial score (nSPS) is 18.3. The van der Waals surface area contributed by atoms with Crippen molar-refractivity contribution in [3.8, 4) is 0 Å². The summed E-state index contributed by atoms with van der Waals surface area (Å²) in [4.78, 5) is 4.70. The van der Waals surface area contributed by atoms with Crippen molar-refractivity contribution in [2.45, 2.75) is 52.3 Å². The van der Waals surface area contributed by atoms with Gasteiger partial charge >= 0.3 is 0 Å². The zero-order chi connectivity index (χ0) is 15.3. The molecule has 120 valence electrons. The predicted octanol–water partition coefficient (Wildman–Crippen LogP) is 0.362. The van der Waals surface area contributed by atoms with Gasteiger partial charge in [0.1, 0.15) is 0 Å². The van der Waals surface area contributed by atoms with Gasteiger partial charge in [0.25, 0.3) is 0 Å². The third-order valence-corrected chi connectivity index (χ3v) is 3.77. The number of rotatable bonds is 7. The minimum atomic E-state index is -0.619.